The van der Waals surface area contributed by atoms with Crippen LogP contribution in [0.1, 0.15) is 33.0 Å². The molecule has 1 saturated heterocycles. The molecule has 1 aromatic heterocycles. The molecule has 0 aromatic carbocycles. The Bertz CT molecular complexity index is 348. The van der Waals surface area contributed by atoms with Gasteiger partial charge in [0.15, 0.2) is 0 Å². The minimum absolute atomic E-state index is 0.564. The zero-order valence-electron chi connectivity index (χ0n) is 11.1. The summed E-state index contributed by atoms with van der Waals surface area (Å²) in [5, 5.41) is 7.78. The van der Waals surface area contributed by atoms with Crippen LogP contribution in [0.15, 0.2) is 6.33 Å². The maximum Gasteiger partial charge on any atom is 0.141 e. The van der Waals surface area contributed by atoms with Gasteiger partial charge in [-0.1, -0.05) is 6.92 Å². The van der Waals surface area contributed by atoms with E-state index in [9.17, 15) is 0 Å². The molecule has 0 aliphatic carbocycles. The molecule has 1 aliphatic heterocycles. The first kappa shape index (κ1) is 12.5. The third-order valence-corrected chi connectivity index (χ3v) is 3.37. The average molecular weight is 237 g/mol. The SMILES string of the molecule is CCCn1ncnc1CN1CC(C)NCC1C. The highest BCUT2D eigenvalue weighted by molar-refractivity contribution is 4.89. The molecule has 1 fully saturated rings. The van der Waals surface area contributed by atoms with Crippen LogP contribution >= 0.6 is 0 Å². The summed E-state index contributed by atoms with van der Waals surface area (Å²) in [4.78, 5) is 6.86. The molecule has 96 valence electrons. The van der Waals surface area contributed by atoms with E-state index in [4.69, 9.17) is 0 Å². The predicted octanol–water partition coefficient (Wildman–Crippen LogP) is 0.870. The summed E-state index contributed by atoms with van der Waals surface area (Å²) in [6, 6.07) is 1.13. The number of piperazine rings is 1. The van der Waals surface area contributed by atoms with Gasteiger partial charge in [-0.05, 0) is 20.3 Å². The number of nitrogens with one attached hydrogen (secondary N) is 1. The molecule has 1 aromatic rings. The molecule has 5 heteroatoms. The average Bonchev–Trinajstić information content (AvgIpc) is 2.72. The Kier molecular flexibility index (Phi) is 4.12. The van der Waals surface area contributed by atoms with Crippen LogP contribution in [-0.2, 0) is 13.1 Å². The van der Waals surface area contributed by atoms with Crippen molar-refractivity contribution in [1.82, 2.24) is 25.0 Å². The molecule has 2 unspecified atom stereocenters. The Hall–Kier alpha value is -0.940. The molecule has 5 nitrogen and oxygen atoms in total. The Morgan fingerprint density at radius 3 is 3.06 bits per heavy atom. The summed E-state index contributed by atoms with van der Waals surface area (Å²) in [5.41, 5.74) is 0. The molecule has 0 amide bonds. The number of rotatable bonds is 4. The minimum Gasteiger partial charge on any atom is -0.311 e. The summed E-state index contributed by atoms with van der Waals surface area (Å²) < 4.78 is 2.03. The molecular formula is C12H23N5. The van der Waals surface area contributed by atoms with Crippen LogP contribution < -0.4 is 5.32 Å². The van der Waals surface area contributed by atoms with Gasteiger partial charge in [0.1, 0.15) is 12.2 Å². The molecule has 0 spiro atoms. The number of hydrogen-bond acceptors (Lipinski definition) is 4. The highest BCUT2D eigenvalue weighted by Crippen LogP contribution is 2.10. The predicted molar refractivity (Wildman–Crippen MR) is 67.6 cm³/mol. The Morgan fingerprint density at radius 1 is 1.47 bits per heavy atom. The Balaban J connectivity index is 2.01. The molecule has 2 heterocycles. The van der Waals surface area contributed by atoms with E-state index in [1.54, 1.807) is 6.33 Å². The molecule has 0 saturated carbocycles. The fourth-order valence-electron chi connectivity index (χ4n) is 2.31. The van der Waals surface area contributed by atoms with Crippen molar-refractivity contribution in [3.05, 3.63) is 12.2 Å². The van der Waals surface area contributed by atoms with Crippen LogP contribution in [-0.4, -0.2) is 44.8 Å². The zero-order valence-corrected chi connectivity index (χ0v) is 11.1. The van der Waals surface area contributed by atoms with E-state index in [0.29, 0.717) is 12.1 Å². The second-order valence-corrected chi connectivity index (χ2v) is 4.99. The lowest BCUT2D eigenvalue weighted by atomic mass is 10.1. The fourth-order valence-corrected chi connectivity index (χ4v) is 2.31. The third-order valence-electron chi connectivity index (χ3n) is 3.37. The monoisotopic (exact) mass is 237 g/mol. The third kappa shape index (κ3) is 3.04. The molecule has 1 aliphatic rings. The Morgan fingerprint density at radius 2 is 2.29 bits per heavy atom. The van der Waals surface area contributed by atoms with Crippen molar-refractivity contribution in [2.75, 3.05) is 13.1 Å². The molecule has 2 atom stereocenters. The second kappa shape index (κ2) is 5.60. The maximum absolute atomic E-state index is 4.38. The molecule has 1 N–H and O–H groups in total. The maximum atomic E-state index is 4.38. The summed E-state index contributed by atoms with van der Waals surface area (Å²) in [7, 11) is 0. The lowest BCUT2D eigenvalue weighted by Gasteiger charge is -2.37. The van der Waals surface area contributed by atoms with E-state index in [2.05, 4.69) is 41.1 Å². The van der Waals surface area contributed by atoms with Crippen molar-refractivity contribution < 1.29 is 0 Å². The smallest absolute Gasteiger partial charge is 0.141 e. The van der Waals surface area contributed by atoms with Gasteiger partial charge in [0, 0.05) is 31.7 Å². The standard InChI is InChI=1S/C12H23N5/c1-4-5-17-12(14-9-15-17)8-16-7-10(2)13-6-11(16)3/h9-11,13H,4-8H2,1-3H3. The quantitative estimate of drug-likeness (QED) is 0.844. The summed E-state index contributed by atoms with van der Waals surface area (Å²) in [5.74, 6) is 1.09. The molecule has 17 heavy (non-hydrogen) atoms. The van der Waals surface area contributed by atoms with E-state index in [1.807, 2.05) is 4.68 Å². The zero-order chi connectivity index (χ0) is 12.3. The summed E-state index contributed by atoms with van der Waals surface area (Å²) >= 11 is 0. The molecular weight excluding hydrogens is 214 g/mol. The first-order valence-corrected chi connectivity index (χ1v) is 6.54. The van der Waals surface area contributed by atoms with Gasteiger partial charge in [0.25, 0.3) is 0 Å². The fraction of sp³-hybridized carbons (Fsp3) is 0.833. The largest absolute Gasteiger partial charge is 0.311 e. The van der Waals surface area contributed by atoms with Gasteiger partial charge >= 0.3 is 0 Å². The molecule has 2 rings (SSSR count). The topological polar surface area (TPSA) is 46.0 Å². The number of nitrogens with zero attached hydrogens (tertiary/aromatic N) is 4. The van der Waals surface area contributed by atoms with E-state index in [-0.39, 0.29) is 0 Å². The van der Waals surface area contributed by atoms with Gasteiger partial charge in [-0.15, -0.1) is 0 Å². The van der Waals surface area contributed by atoms with Crippen molar-refractivity contribution in [1.29, 1.82) is 0 Å². The van der Waals surface area contributed by atoms with Crippen molar-refractivity contribution >= 4 is 0 Å². The van der Waals surface area contributed by atoms with Gasteiger partial charge in [0.2, 0.25) is 0 Å². The van der Waals surface area contributed by atoms with Crippen LogP contribution in [0.5, 0.6) is 0 Å². The normalized spacial score (nSPS) is 26.3. The van der Waals surface area contributed by atoms with Crippen LogP contribution in [0.4, 0.5) is 0 Å². The minimum atomic E-state index is 0.564. The van der Waals surface area contributed by atoms with Crippen molar-refractivity contribution in [3.8, 4) is 0 Å². The first-order valence-electron chi connectivity index (χ1n) is 6.54. The van der Waals surface area contributed by atoms with Crippen molar-refractivity contribution in [2.45, 2.75) is 52.4 Å². The molecule has 0 bridgehead atoms. The number of aromatic nitrogens is 3. The van der Waals surface area contributed by atoms with Gasteiger partial charge in [-0.3, -0.25) is 4.90 Å². The summed E-state index contributed by atoms with van der Waals surface area (Å²) in [6.45, 7) is 10.7. The van der Waals surface area contributed by atoms with Crippen LogP contribution in [0.3, 0.4) is 0 Å². The number of hydrogen-bond donors (Lipinski definition) is 1. The molecule has 0 radical (unpaired) electrons. The first-order chi connectivity index (χ1) is 8.20. The van der Waals surface area contributed by atoms with E-state index in [0.717, 1.165) is 38.4 Å². The van der Waals surface area contributed by atoms with Gasteiger partial charge in [-0.2, -0.15) is 5.10 Å². The van der Waals surface area contributed by atoms with E-state index in [1.165, 1.54) is 0 Å². The van der Waals surface area contributed by atoms with Crippen LogP contribution in [0.2, 0.25) is 0 Å². The van der Waals surface area contributed by atoms with E-state index >= 15 is 0 Å². The van der Waals surface area contributed by atoms with Crippen molar-refractivity contribution in [2.24, 2.45) is 0 Å². The summed E-state index contributed by atoms with van der Waals surface area (Å²) in [6.07, 6.45) is 2.77. The lowest BCUT2D eigenvalue weighted by Crippen LogP contribution is -2.53. The van der Waals surface area contributed by atoms with Crippen LogP contribution in [0, 0.1) is 0 Å². The Labute approximate surface area is 103 Å². The lowest BCUT2D eigenvalue weighted by molar-refractivity contribution is 0.133. The van der Waals surface area contributed by atoms with Crippen molar-refractivity contribution in [3.63, 3.8) is 0 Å². The van der Waals surface area contributed by atoms with Crippen LogP contribution in [0.25, 0.3) is 0 Å². The highest BCUT2D eigenvalue weighted by Gasteiger charge is 2.23. The van der Waals surface area contributed by atoms with Gasteiger partial charge < -0.3 is 5.32 Å². The van der Waals surface area contributed by atoms with Gasteiger partial charge in [-0.25, -0.2) is 9.67 Å². The highest BCUT2D eigenvalue weighted by atomic mass is 15.4. The van der Waals surface area contributed by atoms with E-state index < -0.39 is 0 Å². The second-order valence-electron chi connectivity index (χ2n) is 4.99. The number of aryl methyl sites for hydroxylation is 1. The van der Waals surface area contributed by atoms with Gasteiger partial charge in [0.05, 0.1) is 6.54 Å².